The van der Waals surface area contributed by atoms with E-state index < -0.39 is 17.3 Å². The number of nitrogens with one attached hydrogen (secondary N) is 1. The van der Waals surface area contributed by atoms with Crippen LogP contribution in [0.5, 0.6) is 0 Å². The van der Waals surface area contributed by atoms with Gasteiger partial charge in [0.15, 0.2) is 11.6 Å². The molecule has 1 saturated carbocycles. The minimum atomic E-state index is -0.754. The molecule has 0 bridgehead atoms. The van der Waals surface area contributed by atoms with Crippen molar-refractivity contribution in [3.8, 4) is 0 Å². The van der Waals surface area contributed by atoms with Crippen molar-refractivity contribution in [1.29, 1.82) is 0 Å². The fourth-order valence-electron chi connectivity index (χ4n) is 3.00. The van der Waals surface area contributed by atoms with Crippen molar-refractivity contribution in [1.82, 2.24) is 29.5 Å². The molecule has 10 heteroatoms. The van der Waals surface area contributed by atoms with Gasteiger partial charge in [-0.25, -0.2) is 19.0 Å². The summed E-state index contributed by atoms with van der Waals surface area (Å²) in [5.74, 6) is -0.973. The van der Waals surface area contributed by atoms with Crippen LogP contribution < -0.4 is 10.9 Å². The summed E-state index contributed by atoms with van der Waals surface area (Å²) < 4.78 is 16.5. The molecule has 1 N–H and O–H groups in total. The van der Waals surface area contributed by atoms with Crippen LogP contribution in [0.4, 0.5) is 10.2 Å². The summed E-state index contributed by atoms with van der Waals surface area (Å²) in [6.45, 7) is 4.32. The van der Waals surface area contributed by atoms with Crippen LogP contribution in [0.25, 0.3) is 10.9 Å². The Morgan fingerprint density at radius 3 is 2.82 bits per heavy atom. The summed E-state index contributed by atoms with van der Waals surface area (Å²) in [5.41, 5.74) is 0.809. The highest BCUT2D eigenvalue weighted by Crippen LogP contribution is 2.31. The molecule has 9 nitrogen and oxygen atoms in total. The highest BCUT2D eigenvalue weighted by Gasteiger charge is 2.24. The first-order valence-electron chi connectivity index (χ1n) is 9.16. The molecule has 3 aromatic rings. The fourth-order valence-corrected chi connectivity index (χ4v) is 3.00. The second kappa shape index (κ2) is 7.10. The van der Waals surface area contributed by atoms with Gasteiger partial charge in [0.1, 0.15) is 18.4 Å². The van der Waals surface area contributed by atoms with Gasteiger partial charge >= 0.3 is 0 Å². The molecule has 0 aromatic carbocycles. The summed E-state index contributed by atoms with van der Waals surface area (Å²) in [4.78, 5) is 32.3. The summed E-state index contributed by atoms with van der Waals surface area (Å²) in [7, 11) is 0. The average Bonchev–Trinajstić information content (AvgIpc) is 3.35. The van der Waals surface area contributed by atoms with E-state index in [-0.39, 0.29) is 18.3 Å². The average molecular weight is 385 g/mol. The van der Waals surface area contributed by atoms with Crippen LogP contribution in [0.2, 0.25) is 0 Å². The molecule has 1 aliphatic carbocycles. The highest BCUT2D eigenvalue weighted by molar-refractivity contribution is 5.89. The third kappa shape index (κ3) is 3.62. The number of hydrogen-bond donors (Lipinski definition) is 1. The Balaban J connectivity index is 1.66. The standard InChI is InChI=1S/C18H20FN7O2/c1-10(2)15-16-12(7-25(23-16)6-11-3-4-11)18(28)26(24-15)8-14(27)22-17-13(19)5-20-9-21-17/h5,7,9-11H,3-4,6,8H2,1-2H3,(H,20,21,22,27). The number of anilines is 1. The molecule has 146 valence electrons. The second-order valence-corrected chi connectivity index (χ2v) is 7.33. The van der Waals surface area contributed by atoms with Gasteiger partial charge in [-0.05, 0) is 24.7 Å². The lowest BCUT2D eigenvalue weighted by molar-refractivity contribution is -0.117. The normalized spacial score (nSPS) is 14.0. The lowest BCUT2D eigenvalue weighted by Gasteiger charge is -2.10. The van der Waals surface area contributed by atoms with E-state index in [1.54, 1.807) is 10.9 Å². The largest absolute Gasteiger partial charge is 0.307 e. The molecular formula is C18H20FN7O2. The molecule has 4 rings (SSSR count). The van der Waals surface area contributed by atoms with E-state index in [0.29, 0.717) is 22.5 Å². The predicted octanol–water partition coefficient (Wildman–Crippen LogP) is 1.69. The number of halogens is 1. The number of hydrogen-bond acceptors (Lipinski definition) is 6. The summed E-state index contributed by atoms with van der Waals surface area (Å²) in [6.07, 6.45) is 6.15. The summed E-state index contributed by atoms with van der Waals surface area (Å²) >= 11 is 0. The van der Waals surface area contributed by atoms with Crippen LogP contribution in [0, 0.1) is 11.7 Å². The number of carbonyl (C=O) groups is 1. The molecule has 0 unspecified atom stereocenters. The van der Waals surface area contributed by atoms with Gasteiger partial charge in [-0.15, -0.1) is 0 Å². The number of amides is 1. The first kappa shape index (κ1) is 18.2. The number of fused-ring (bicyclic) bond motifs is 1. The minimum absolute atomic E-state index is 0.0148. The van der Waals surface area contributed by atoms with E-state index in [2.05, 4.69) is 25.5 Å². The third-order valence-corrected chi connectivity index (χ3v) is 4.61. The number of rotatable bonds is 6. The first-order chi connectivity index (χ1) is 13.4. The van der Waals surface area contributed by atoms with Crippen LogP contribution in [-0.4, -0.2) is 35.4 Å². The molecule has 28 heavy (non-hydrogen) atoms. The highest BCUT2D eigenvalue weighted by atomic mass is 19.1. The van der Waals surface area contributed by atoms with Gasteiger partial charge in [0, 0.05) is 12.7 Å². The molecule has 3 heterocycles. The minimum Gasteiger partial charge on any atom is -0.307 e. The Labute approximate surface area is 159 Å². The van der Waals surface area contributed by atoms with Crippen molar-refractivity contribution in [3.63, 3.8) is 0 Å². The molecular weight excluding hydrogens is 365 g/mol. The van der Waals surface area contributed by atoms with Gasteiger partial charge in [0.2, 0.25) is 5.91 Å². The van der Waals surface area contributed by atoms with Crippen molar-refractivity contribution < 1.29 is 9.18 Å². The first-order valence-corrected chi connectivity index (χ1v) is 9.16. The zero-order valence-corrected chi connectivity index (χ0v) is 15.6. The Morgan fingerprint density at radius 2 is 2.14 bits per heavy atom. The molecule has 0 radical (unpaired) electrons. The van der Waals surface area contributed by atoms with Gasteiger partial charge in [0.25, 0.3) is 5.56 Å². The van der Waals surface area contributed by atoms with E-state index >= 15 is 0 Å². The lowest BCUT2D eigenvalue weighted by atomic mass is 10.1. The molecule has 0 spiro atoms. The fraction of sp³-hybridized carbons (Fsp3) is 0.444. The smallest absolute Gasteiger partial charge is 0.278 e. The molecule has 1 amide bonds. The Hall–Kier alpha value is -3.17. The van der Waals surface area contributed by atoms with Crippen molar-refractivity contribution >= 4 is 22.6 Å². The Kier molecular flexibility index (Phi) is 4.62. The molecule has 0 saturated heterocycles. The zero-order valence-electron chi connectivity index (χ0n) is 15.6. The molecule has 3 aromatic heterocycles. The van der Waals surface area contributed by atoms with Gasteiger partial charge in [0.05, 0.1) is 17.3 Å². The SMILES string of the molecule is CC(C)c1nn(CC(=O)Nc2ncncc2F)c(=O)c2cn(CC3CC3)nc12. The van der Waals surface area contributed by atoms with Crippen molar-refractivity contribution in [2.45, 2.75) is 45.7 Å². The second-order valence-electron chi connectivity index (χ2n) is 7.33. The third-order valence-electron chi connectivity index (χ3n) is 4.61. The van der Waals surface area contributed by atoms with Crippen LogP contribution >= 0.6 is 0 Å². The van der Waals surface area contributed by atoms with Crippen LogP contribution in [0.3, 0.4) is 0 Å². The van der Waals surface area contributed by atoms with Gasteiger partial charge in [-0.2, -0.15) is 10.2 Å². The maximum Gasteiger partial charge on any atom is 0.278 e. The molecule has 0 aliphatic heterocycles. The summed E-state index contributed by atoms with van der Waals surface area (Å²) in [6, 6.07) is 0. The lowest BCUT2D eigenvalue weighted by Crippen LogP contribution is -2.31. The number of nitrogens with zero attached hydrogens (tertiary/aromatic N) is 6. The van der Waals surface area contributed by atoms with Crippen LogP contribution in [0.1, 0.15) is 38.3 Å². The molecule has 0 atom stereocenters. The Morgan fingerprint density at radius 1 is 1.36 bits per heavy atom. The van der Waals surface area contributed by atoms with Gasteiger partial charge < -0.3 is 5.32 Å². The number of carbonyl (C=O) groups excluding carboxylic acids is 1. The van der Waals surface area contributed by atoms with E-state index in [4.69, 9.17) is 0 Å². The van der Waals surface area contributed by atoms with E-state index in [0.717, 1.165) is 23.8 Å². The van der Waals surface area contributed by atoms with E-state index in [1.807, 2.05) is 13.8 Å². The van der Waals surface area contributed by atoms with Crippen molar-refractivity contribution in [3.05, 3.63) is 40.6 Å². The maximum absolute atomic E-state index is 13.6. The number of aromatic nitrogens is 6. The topological polar surface area (TPSA) is 108 Å². The van der Waals surface area contributed by atoms with Gasteiger partial charge in [-0.1, -0.05) is 13.8 Å². The zero-order chi connectivity index (χ0) is 19.8. The monoisotopic (exact) mass is 385 g/mol. The van der Waals surface area contributed by atoms with Gasteiger partial charge in [-0.3, -0.25) is 14.3 Å². The van der Waals surface area contributed by atoms with Crippen LogP contribution in [0.15, 0.2) is 23.5 Å². The maximum atomic E-state index is 13.6. The van der Waals surface area contributed by atoms with Crippen molar-refractivity contribution in [2.24, 2.45) is 5.92 Å². The summed E-state index contributed by atoms with van der Waals surface area (Å²) in [5, 5.41) is 11.7. The quantitative estimate of drug-likeness (QED) is 0.692. The Bertz CT molecular complexity index is 1100. The van der Waals surface area contributed by atoms with E-state index in [9.17, 15) is 14.0 Å². The van der Waals surface area contributed by atoms with Crippen molar-refractivity contribution in [2.75, 3.05) is 5.32 Å². The molecule has 1 aliphatic rings. The van der Waals surface area contributed by atoms with Crippen LogP contribution in [-0.2, 0) is 17.9 Å². The predicted molar refractivity (Wildman–Crippen MR) is 99.2 cm³/mol. The molecule has 1 fully saturated rings. The van der Waals surface area contributed by atoms with E-state index in [1.165, 1.54) is 12.8 Å².